The summed E-state index contributed by atoms with van der Waals surface area (Å²) in [5, 5.41) is 6.86. The summed E-state index contributed by atoms with van der Waals surface area (Å²) in [4.78, 5) is 28.3. The van der Waals surface area contributed by atoms with Crippen molar-refractivity contribution in [2.24, 2.45) is 0 Å². The number of amides is 2. The highest BCUT2D eigenvalue weighted by molar-refractivity contribution is 7.07. The summed E-state index contributed by atoms with van der Waals surface area (Å²) in [6, 6.07) is 7.76. The molecule has 1 aliphatic heterocycles. The minimum Gasteiger partial charge on any atom is -0.340 e. The maximum absolute atomic E-state index is 12.9. The predicted octanol–water partition coefficient (Wildman–Crippen LogP) is 2.60. The Morgan fingerprint density at radius 2 is 1.81 bits per heavy atom. The first-order valence-electron chi connectivity index (χ1n) is 8.67. The maximum Gasteiger partial charge on any atom is 0.238 e. The number of nitrogens with zero attached hydrogens (tertiary/aromatic N) is 2. The number of carbonyl (C=O) groups excluding carboxylic acids is 2. The lowest BCUT2D eigenvalue weighted by Crippen LogP contribution is -2.50. The van der Waals surface area contributed by atoms with Crippen molar-refractivity contribution in [3.05, 3.63) is 52.5 Å². The van der Waals surface area contributed by atoms with E-state index in [2.05, 4.69) is 16.8 Å². The molecule has 0 atom stereocenters. The Morgan fingerprint density at radius 1 is 1.08 bits per heavy atom. The second-order valence-corrected chi connectivity index (χ2v) is 7.12. The van der Waals surface area contributed by atoms with E-state index in [0.717, 1.165) is 6.42 Å². The Hall–Kier alpha value is -2.25. The monoisotopic (exact) mass is 375 g/mol. The SMILES string of the molecule is O=C(CN1CCN(C(=O)CCc2ccsc2)CC1)Nc1ccc(F)cc1. The average Bonchev–Trinajstić information content (AvgIpc) is 3.16. The predicted molar refractivity (Wildman–Crippen MR) is 101 cm³/mol. The summed E-state index contributed by atoms with van der Waals surface area (Å²) < 4.78 is 12.9. The third-order valence-electron chi connectivity index (χ3n) is 4.43. The van der Waals surface area contributed by atoms with Crippen molar-refractivity contribution in [3.63, 3.8) is 0 Å². The molecule has 1 aliphatic rings. The molecular formula is C19H22FN3O2S. The van der Waals surface area contributed by atoms with Crippen LogP contribution in [0.25, 0.3) is 0 Å². The van der Waals surface area contributed by atoms with Crippen LogP contribution in [0.4, 0.5) is 10.1 Å². The third kappa shape index (κ3) is 5.37. The van der Waals surface area contributed by atoms with Crippen LogP contribution in [0.1, 0.15) is 12.0 Å². The van der Waals surface area contributed by atoms with Gasteiger partial charge >= 0.3 is 0 Å². The average molecular weight is 375 g/mol. The van der Waals surface area contributed by atoms with Crippen LogP contribution in [0.5, 0.6) is 0 Å². The summed E-state index contributed by atoms with van der Waals surface area (Å²) in [5.74, 6) is -0.289. The maximum atomic E-state index is 12.9. The topological polar surface area (TPSA) is 52.7 Å². The molecule has 0 radical (unpaired) electrons. The Morgan fingerprint density at radius 3 is 2.46 bits per heavy atom. The van der Waals surface area contributed by atoms with Crippen LogP contribution in [-0.4, -0.2) is 54.3 Å². The standard InChI is InChI=1S/C19H22FN3O2S/c20-16-2-4-17(5-3-16)21-18(24)13-22-8-10-23(11-9-22)19(25)6-1-15-7-12-26-14-15/h2-5,7,12,14H,1,6,8-11,13H2,(H,21,24). The van der Waals surface area contributed by atoms with E-state index in [-0.39, 0.29) is 24.2 Å². The van der Waals surface area contributed by atoms with Crippen molar-refractivity contribution < 1.29 is 14.0 Å². The zero-order valence-corrected chi connectivity index (χ0v) is 15.3. The fourth-order valence-corrected chi connectivity index (χ4v) is 3.64. The van der Waals surface area contributed by atoms with Crippen LogP contribution in [0.2, 0.25) is 0 Å². The number of rotatable bonds is 6. The van der Waals surface area contributed by atoms with Crippen molar-refractivity contribution in [1.29, 1.82) is 0 Å². The van der Waals surface area contributed by atoms with Crippen molar-refractivity contribution in [1.82, 2.24) is 9.80 Å². The van der Waals surface area contributed by atoms with E-state index in [1.165, 1.54) is 29.8 Å². The Labute approximate surface area is 156 Å². The van der Waals surface area contributed by atoms with E-state index in [1.54, 1.807) is 11.3 Å². The van der Waals surface area contributed by atoms with Gasteiger partial charge in [0.2, 0.25) is 11.8 Å². The van der Waals surface area contributed by atoms with Crippen LogP contribution in [-0.2, 0) is 16.0 Å². The number of aryl methyl sites for hydroxylation is 1. The molecule has 0 spiro atoms. The first-order chi connectivity index (χ1) is 12.6. The fraction of sp³-hybridized carbons (Fsp3) is 0.368. The van der Waals surface area contributed by atoms with Crippen molar-refractivity contribution in [3.8, 4) is 0 Å². The van der Waals surface area contributed by atoms with Crippen molar-refractivity contribution in [2.75, 3.05) is 38.0 Å². The van der Waals surface area contributed by atoms with Gasteiger partial charge in [-0.15, -0.1) is 0 Å². The number of carbonyl (C=O) groups is 2. The van der Waals surface area contributed by atoms with E-state index in [0.29, 0.717) is 38.3 Å². The molecule has 0 saturated carbocycles. The van der Waals surface area contributed by atoms with Crippen LogP contribution < -0.4 is 5.32 Å². The Kier molecular flexibility index (Phi) is 6.35. The van der Waals surface area contributed by atoms with Crippen molar-refractivity contribution >= 4 is 28.8 Å². The zero-order chi connectivity index (χ0) is 18.4. The number of halogens is 1. The van der Waals surface area contributed by atoms with Gasteiger partial charge in [-0.2, -0.15) is 11.3 Å². The Balaban J connectivity index is 1.38. The minimum atomic E-state index is -0.331. The lowest BCUT2D eigenvalue weighted by atomic mass is 10.1. The van der Waals surface area contributed by atoms with Crippen LogP contribution in [0, 0.1) is 5.82 Å². The van der Waals surface area contributed by atoms with E-state index in [4.69, 9.17) is 0 Å². The highest BCUT2D eigenvalue weighted by Gasteiger charge is 2.22. The second-order valence-electron chi connectivity index (χ2n) is 6.34. The lowest BCUT2D eigenvalue weighted by Gasteiger charge is -2.34. The lowest BCUT2D eigenvalue weighted by molar-refractivity contribution is -0.133. The molecule has 2 heterocycles. The molecule has 138 valence electrons. The highest BCUT2D eigenvalue weighted by atomic mass is 32.1. The molecule has 1 fully saturated rings. The van der Waals surface area contributed by atoms with Crippen LogP contribution in [0.15, 0.2) is 41.1 Å². The van der Waals surface area contributed by atoms with Gasteiger partial charge in [0.25, 0.3) is 0 Å². The van der Waals surface area contributed by atoms with Crippen molar-refractivity contribution in [2.45, 2.75) is 12.8 Å². The molecular weight excluding hydrogens is 353 g/mol. The van der Waals surface area contributed by atoms with Gasteiger partial charge in [0.05, 0.1) is 6.54 Å². The van der Waals surface area contributed by atoms with Gasteiger partial charge in [0, 0.05) is 38.3 Å². The first kappa shape index (κ1) is 18.5. The summed E-state index contributed by atoms with van der Waals surface area (Å²) in [6.45, 7) is 2.93. The molecule has 1 aromatic heterocycles. The molecule has 1 saturated heterocycles. The van der Waals surface area contributed by atoms with E-state index in [9.17, 15) is 14.0 Å². The van der Waals surface area contributed by atoms with Gasteiger partial charge in [0.1, 0.15) is 5.82 Å². The molecule has 1 N–H and O–H groups in total. The van der Waals surface area contributed by atoms with E-state index in [1.807, 2.05) is 15.2 Å². The molecule has 1 aromatic carbocycles. The molecule has 26 heavy (non-hydrogen) atoms. The van der Waals surface area contributed by atoms with Gasteiger partial charge in [-0.25, -0.2) is 4.39 Å². The molecule has 0 bridgehead atoms. The van der Waals surface area contributed by atoms with Crippen LogP contribution in [0.3, 0.4) is 0 Å². The number of hydrogen-bond donors (Lipinski definition) is 1. The van der Waals surface area contributed by atoms with Crippen LogP contribution >= 0.6 is 11.3 Å². The normalized spacial score (nSPS) is 15.0. The van der Waals surface area contributed by atoms with Gasteiger partial charge < -0.3 is 10.2 Å². The van der Waals surface area contributed by atoms with Gasteiger partial charge in [0.15, 0.2) is 0 Å². The summed E-state index contributed by atoms with van der Waals surface area (Å²) in [5.41, 5.74) is 1.79. The molecule has 2 amide bonds. The van der Waals surface area contributed by atoms with E-state index < -0.39 is 0 Å². The highest BCUT2D eigenvalue weighted by Crippen LogP contribution is 2.12. The quantitative estimate of drug-likeness (QED) is 0.844. The smallest absolute Gasteiger partial charge is 0.238 e. The summed E-state index contributed by atoms with van der Waals surface area (Å²) >= 11 is 1.65. The minimum absolute atomic E-state index is 0.131. The molecule has 0 aliphatic carbocycles. The fourth-order valence-electron chi connectivity index (χ4n) is 2.94. The number of hydrogen-bond acceptors (Lipinski definition) is 4. The molecule has 3 rings (SSSR count). The third-order valence-corrected chi connectivity index (χ3v) is 5.16. The van der Waals surface area contributed by atoms with Gasteiger partial charge in [-0.3, -0.25) is 14.5 Å². The molecule has 5 nitrogen and oxygen atoms in total. The van der Waals surface area contributed by atoms with Gasteiger partial charge in [-0.1, -0.05) is 0 Å². The molecule has 0 unspecified atom stereocenters. The largest absolute Gasteiger partial charge is 0.340 e. The molecule has 7 heteroatoms. The first-order valence-corrected chi connectivity index (χ1v) is 9.61. The zero-order valence-electron chi connectivity index (χ0n) is 14.5. The number of anilines is 1. The number of benzene rings is 1. The molecule has 2 aromatic rings. The van der Waals surface area contributed by atoms with Gasteiger partial charge in [-0.05, 0) is 53.1 Å². The number of piperazine rings is 1. The number of nitrogens with one attached hydrogen (secondary N) is 1. The Bertz CT molecular complexity index is 726. The van der Waals surface area contributed by atoms with E-state index >= 15 is 0 Å². The number of thiophene rings is 1. The summed E-state index contributed by atoms with van der Waals surface area (Å²) in [7, 11) is 0. The second kappa shape index (κ2) is 8.91. The summed E-state index contributed by atoms with van der Waals surface area (Å²) in [6.07, 6.45) is 1.31.